The van der Waals surface area contributed by atoms with Crippen LogP contribution in [0.2, 0.25) is 0 Å². The Morgan fingerprint density at radius 3 is 2.19 bits per heavy atom. The quantitative estimate of drug-likeness (QED) is 0.769. The lowest BCUT2D eigenvalue weighted by atomic mass is 10.1. The maximum atomic E-state index is 12.0. The third-order valence-electron chi connectivity index (χ3n) is 1.74. The molecule has 2 N–H and O–H groups in total. The third kappa shape index (κ3) is 7.50. The molecule has 0 aliphatic heterocycles. The summed E-state index contributed by atoms with van der Waals surface area (Å²) in [5, 5.41) is 0. The van der Waals surface area contributed by atoms with Crippen molar-refractivity contribution in [3.8, 4) is 0 Å². The second kappa shape index (κ2) is 5.52. The molecule has 0 saturated carbocycles. The molecule has 0 rings (SSSR count). The molecule has 0 aromatic carbocycles. The van der Waals surface area contributed by atoms with Gasteiger partial charge in [-0.05, 0) is 33.6 Å². The summed E-state index contributed by atoms with van der Waals surface area (Å²) in [6.07, 6.45) is -4.62. The molecule has 0 aliphatic carbocycles. The number of rotatable bonds is 4. The fourth-order valence-corrected chi connectivity index (χ4v) is 1.02. The van der Waals surface area contributed by atoms with E-state index in [-0.39, 0.29) is 19.3 Å². The summed E-state index contributed by atoms with van der Waals surface area (Å²) in [5.41, 5.74) is 4.28. The van der Waals surface area contributed by atoms with Gasteiger partial charge in [-0.3, -0.25) is 4.79 Å². The Balaban J connectivity index is 3.79. The van der Waals surface area contributed by atoms with Gasteiger partial charge in [-0.1, -0.05) is 0 Å². The molecule has 0 spiro atoms. The molecule has 0 radical (unpaired) electrons. The highest BCUT2D eigenvalue weighted by Gasteiger charge is 2.36. The van der Waals surface area contributed by atoms with E-state index in [0.29, 0.717) is 0 Å². The molecule has 0 heterocycles. The van der Waals surface area contributed by atoms with Gasteiger partial charge in [-0.15, -0.1) is 0 Å². The van der Waals surface area contributed by atoms with Crippen LogP contribution in [-0.2, 0) is 9.53 Å². The summed E-state index contributed by atoms with van der Waals surface area (Å²) in [5.74, 6) is -0.498. The first kappa shape index (κ1) is 15.2. The molecule has 0 aliphatic rings. The summed E-state index contributed by atoms with van der Waals surface area (Å²) in [6, 6.07) is -1.87. The minimum absolute atomic E-state index is 0.0406. The zero-order valence-electron chi connectivity index (χ0n) is 9.73. The molecule has 0 aromatic heterocycles. The lowest BCUT2D eigenvalue weighted by Crippen LogP contribution is -2.37. The monoisotopic (exact) mass is 241 g/mol. The van der Waals surface area contributed by atoms with Crippen molar-refractivity contribution in [3.63, 3.8) is 0 Å². The Labute approximate surface area is 93.1 Å². The summed E-state index contributed by atoms with van der Waals surface area (Å²) >= 11 is 0. The van der Waals surface area contributed by atoms with Crippen LogP contribution < -0.4 is 5.73 Å². The molecular weight excluding hydrogens is 223 g/mol. The Hall–Kier alpha value is -0.780. The lowest BCUT2D eigenvalue weighted by molar-refractivity contribution is -0.157. The average Bonchev–Trinajstić information content (AvgIpc) is 1.98. The largest absolute Gasteiger partial charge is 0.460 e. The van der Waals surface area contributed by atoms with Gasteiger partial charge in [0.25, 0.3) is 0 Å². The molecule has 6 heteroatoms. The molecule has 16 heavy (non-hydrogen) atoms. The van der Waals surface area contributed by atoms with Crippen LogP contribution in [0.5, 0.6) is 0 Å². The number of halogens is 3. The standard InChI is InChI=1S/C10H18F3NO2/c1-9(2,3)16-8(15)6-4-5-7(14)10(11,12)13/h7H,4-6,14H2,1-3H3/t7-/m0/s1. The minimum atomic E-state index is -4.39. The van der Waals surface area contributed by atoms with E-state index in [4.69, 9.17) is 10.5 Å². The summed E-state index contributed by atoms with van der Waals surface area (Å²) < 4.78 is 41.0. The van der Waals surface area contributed by atoms with Crippen LogP contribution in [0.25, 0.3) is 0 Å². The van der Waals surface area contributed by atoms with Crippen molar-refractivity contribution in [2.45, 2.75) is 57.9 Å². The van der Waals surface area contributed by atoms with Crippen molar-refractivity contribution < 1.29 is 22.7 Å². The molecule has 0 unspecified atom stereocenters. The number of carbonyl (C=O) groups excluding carboxylic acids is 1. The first-order valence-corrected chi connectivity index (χ1v) is 5.06. The molecule has 0 fully saturated rings. The zero-order chi connectivity index (χ0) is 13.0. The number of hydrogen-bond donors (Lipinski definition) is 1. The highest BCUT2D eigenvalue weighted by atomic mass is 19.4. The van der Waals surface area contributed by atoms with Gasteiger partial charge in [0.15, 0.2) is 0 Å². The number of esters is 1. The number of nitrogens with two attached hydrogens (primary N) is 1. The average molecular weight is 241 g/mol. The second-order valence-corrected chi connectivity index (χ2v) is 4.63. The summed E-state index contributed by atoms with van der Waals surface area (Å²) in [7, 11) is 0. The van der Waals surface area contributed by atoms with E-state index in [1.54, 1.807) is 20.8 Å². The molecule has 0 saturated heterocycles. The number of alkyl halides is 3. The van der Waals surface area contributed by atoms with Crippen molar-refractivity contribution in [2.24, 2.45) is 5.73 Å². The highest BCUT2D eigenvalue weighted by molar-refractivity contribution is 5.69. The first-order chi connectivity index (χ1) is 7.02. The van der Waals surface area contributed by atoms with E-state index >= 15 is 0 Å². The van der Waals surface area contributed by atoms with Crippen LogP contribution in [0.15, 0.2) is 0 Å². The summed E-state index contributed by atoms with van der Waals surface area (Å²) in [4.78, 5) is 11.1. The Bertz CT molecular complexity index is 233. The molecule has 1 atom stereocenters. The Morgan fingerprint density at radius 2 is 1.81 bits per heavy atom. The van der Waals surface area contributed by atoms with Crippen LogP contribution >= 0.6 is 0 Å². The van der Waals surface area contributed by atoms with Crippen molar-refractivity contribution in [1.82, 2.24) is 0 Å². The molecule has 0 amide bonds. The fraction of sp³-hybridized carbons (Fsp3) is 0.900. The van der Waals surface area contributed by atoms with Crippen molar-refractivity contribution in [3.05, 3.63) is 0 Å². The van der Waals surface area contributed by atoms with Crippen molar-refractivity contribution in [2.75, 3.05) is 0 Å². The molecule has 3 nitrogen and oxygen atoms in total. The van der Waals surface area contributed by atoms with Gasteiger partial charge >= 0.3 is 12.1 Å². The predicted octanol–water partition coefficient (Wildman–Crippen LogP) is 2.39. The second-order valence-electron chi connectivity index (χ2n) is 4.63. The lowest BCUT2D eigenvalue weighted by Gasteiger charge is -2.20. The van der Waals surface area contributed by atoms with E-state index in [9.17, 15) is 18.0 Å². The van der Waals surface area contributed by atoms with E-state index < -0.39 is 23.8 Å². The zero-order valence-corrected chi connectivity index (χ0v) is 9.73. The number of hydrogen-bond acceptors (Lipinski definition) is 3. The van der Waals surface area contributed by atoms with Gasteiger partial charge in [0.05, 0.1) is 0 Å². The van der Waals surface area contributed by atoms with Crippen LogP contribution in [0, 0.1) is 0 Å². The molecule has 0 aromatic rings. The minimum Gasteiger partial charge on any atom is -0.460 e. The van der Waals surface area contributed by atoms with Crippen LogP contribution in [0.3, 0.4) is 0 Å². The van der Waals surface area contributed by atoms with E-state index in [1.165, 1.54) is 0 Å². The highest BCUT2D eigenvalue weighted by Crippen LogP contribution is 2.22. The van der Waals surface area contributed by atoms with Crippen LogP contribution in [-0.4, -0.2) is 23.8 Å². The van der Waals surface area contributed by atoms with Crippen LogP contribution in [0.1, 0.15) is 40.0 Å². The van der Waals surface area contributed by atoms with Gasteiger partial charge in [-0.2, -0.15) is 13.2 Å². The molecule has 0 bridgehead atoms. The van der Waals surface area contributed by atoms with Crippen LogP contribution in [0.4, 0.5) is 13.2 Å². The maximum Gasteiger partial charge on any atom is 0.403 e. The van der Waals surface area contributed by atoms with Gasteiger partial charge in [0, 0.05) is 6.42 Å². The molecular formula is C10H18F3NO2. The topological polar surface area (TPSA) is 52.3 Å². The Kier molecular flexibility index (Phi) is 5.25. The normalized spacial score (nSPS) is 14.7. The van der Waals surface area contributed by atoms with E-state index in [1.807, 2.05) is 0 Å². The smallest absolute Gasteiger partial charge is 0.403 e. The van der Waals surface area contributed by atoms with Gasteiger partial charge in [-0.25, -0.2) is 0 Å². The SMILES string of the molecule is CC(C)(C)OC(=O)CCC[C@H](N)C(F)(F)F. The Morgan fingerprint density at radius 1 is 1.31 bits per heavy atom. The van der Waals surface area contributed by atoms with Gasteiger partial charge in [0.2, 0.25) is 0 Å². The van der Waals surface area contributed by atoms with Gasteiger partial charge in [0.1, 0.15) is 11.6 Å². The number of carbonyl (C=O) groups is 1. The maximum absolute atomic E-state index is 12.0. The predicted molar refractivity (Wildman–Crippen MR) is 53.7 cm³/mol. The first-order valence-electron chi connectivity index (χ1n) is 5.06. The molecule has 96 valence electrons. The summed E-state index contributed by atoms with van der Waals surface area (Å²) in [6.45, 7) is 5.10. The van der Waals surface area contributed by atoms with Gasteiger partial charge < -0.3 is 10.5 Å². The third-order valence-corrected chi connectivity index (χ3v) is 1.74. The fourth-order valence-electron chi connectivity index (χ4n) is 1.02. The van der Waals surface area contributed by atoms with Crippen molar-refractivity contribution >= 4 is 5.97 Å². The van der Waals surface area contributed by atoms with E-state index in [0.717, 1.165) is 0 Å². The van der Waals surface area contributed by atoms with Crippen molar-refractivity contribution in [1.29, 1.82) is 0 Å². The van der Waals surface area contributed by atoms with E-state index in [2.05, 4.69) is 0 Å². The number of ether oxygens (including phenoxy) is 1.